The summed E-state index contributed by atoms with van der Waals surface area (Å²) in [5, 5.41) is 15.2. The van der Waals surface area contributed by atoms with Crippen LogP contribution in [-0.2, 0) is 11.8 Å². The van der Waals surface area contributed by atoms with E-state index in [4.69, 9.17) is 5.21 Å². The van der Waals surface area contributed by atoms with Gasteiger partial charge in [-0.1, -0.05) is 24.4 Å². The minimum Gasteiger partial charge on any atom is -0.410 e. The number of aryl methyl sites for hydroxylation is 1. The lowest BCUT2D eigenvalue weighted by atomic mass is 9.95. The van der Waals surface area contributed by atoms with Gasteiger partial charge in [0.15, 0.2) is 6.20 Å². The van der Waals surface area contributed by atoms with Gasteiger partial charge in [0, 0.05) is 18.2 Å². The SMILES string of the molecule is C[n+]1ccccc1/C(=N/O)C(=O)NC1CCCCC1. The molecule has 0 bridgehead atoms. The Kier molecular flexibility index (Phi) is 4.49. The number of oxime groups is 1. The van der Waals surface area contributed by atoms with Gasteiger partial charge in [0.2, 0.25) is 11.4 Å². The van der Waals surface area contributed by atoms with Crippen molar-refractivity contribution >= 4 is 11.6 Å². The Labute approximate surface area is 112 Å². The quantitative estimate of drug-likeness (QED) is 0.371. The van der Waals surface area contributed by atoms with Crippen LogP contribution in [0.5, 0.6) is 0 Å². The van der Waals surface area contributed by atoms with Crippen molar-refractivity contribution in [2.75, 3.05) is 0 Å². The second-order valence-corrected chi connectivity index (χ2v) is 4.95. The van der Waals surface area contributed by atoms with Crippen LogP contribution in [0.15, 0.2) is 29.6 Å². The van der Waals surface area contributed by atoms with Gasteiger partial charge >= 0.3 is 0 Å². The smallest absolute Gasteiger partial charge is 0.280 e. The van der Waals surface area contributed by atoms with E-state index in [1.54, 1.807) is 10.6 Å². The van der Waals surface area contributed by atoms with Crippen LogP contribution < -0.4 is 9.88 Å². The molecule has 2 N–H and O–H groups in total. The number of nitrogens with zero attached hydrogens (tertiary/aromatic N) is 2. The summed E-state index contributed by atoms with van der Waals surface area (Å²) < 4.78 is 1.76. The molecule has 1 saturated carbocycles. The standard InChI is InChI=1S/C14H19N3O2/c1-17-10-6-5-9-12(17)13(16-19)14(18)15-11-7-3-2-4-8-11/h5-6,9-11H,2-4,7-8H2,1H3,(H,15,18)/p+1. The first-order chi connectivity index (χ1) is 9.22. The predicted molar refractivity (Wildman–Crippen MR) is 71.0 cm³/mol. The van der Waals surface area contributed by atoms with Crippen LogP contribution in [0.1, 0.15) is 37.8 Å². The number of hydrogen-bond donors (Lipinski definition) is 2. The van der Waals surface area contributed by atoms with Crippen LogP contribution in [0.2, 0.25) is 0 Å². The van der Waals surface area contributed by atoms with E-state index < -0.39 is 0 Å². The summed E-state index contributed by atoms with van der Waals surface area (Å²) in [6, 6.07) is 5.63. The minimum absolute atomic E-state index is 0.0636. The molecule has 1 fully saturated rings. The molecule has 0 radical (unpaired) electrons. The fourth-order valence-electron chi connectivity index (χ4n) is 2.48. The molecule has 102 valence electrons. The number of nitrogens with one attached hydrogen (secondary N) is 1. The molecule has 0 atom stereocenters. The molecular formula is C14H20N3O2+. The van der Waals surface area contributed by atoms with Crippen molar-refractivity contribution in [1.82, 2.24) is 5.32 Å². The summed E-state index contributed by atoms with van der Waals surface area (Å²) in [6.07, 6.45) is 7.36. The molecule has 1 amide bonds. The summed E-state index contributed by atoms with van der Waals surface area (Å²) in [7, 11) is 1.81. The van der Waals surface area contributed by atoms with Crippen LogP contribution in [0.3, 0.4) is 0 Å². The fourth-order valence-corrected chi connectivity index (χ4v) is 2.48. The van der Waals surface area contributed by atoms with E-state index in [1.165, 1.54) is 6.42 Å². The van der Waals surface area contributed by atoms with Crippen molar-refractivity contribution in [3.05, 3.63) is 30.1 Å². The third-order valence-corrected chi connectivity index (χ3v) is 3.55. The Morgan fingerprint density at radius 3 is 2.74 bits per heavy atom. The van der Waals surface area contributed by atoms with E-state index in [2.05, 4.69) is 10.5 Å². The predicted octanol–water partition coefficient (Wildman–Crippen LogP) is 1.14. The second-order valence-electron chi connectivity index (χ2n) is 4.95. The summed E-state index contributed by atoms with van der Waals surface area (Å²) in [5.41, 5.74) is 0.659. The van der Waals surface area contributed by atoms with Crippen LogP contribution in [-0.4, -0.2) is 22.9 Å². The minimum atomic E-state index is -0.309. The lowest BCUT2D eigenvalue weighted by molar-refractivity contribution is -0.672. The Morgan fingerprint density at radius 2 is 2.11 bits per heavy atom. The zero-order valence-corrected chi connectivity index (χ0v) is 11.2. The zero-order valence-electron chi connectivity index (χ0n) is 11.2. The molecule has 5 heteroatoms. The number of rotatable bonds is 3. The van der Waals surface area contributed by atoms with E-state index in [9.17, 15) is 4.79 Å². The molecular weight excluding hydrogens is 242 g/mol. The van der Waals surface area contributed by atoms with Gasteiger partial charge in [-0.2, -0.15) is 4.57 Å². The molecule has 0 spiro atoms. The molecule has 1 aliphatic carbocycles. The molecule has 1 aliphatic rings. The Balaban J connectivity index is 2.10. The number of pyridine rings is 1. The molecule has 2 rings (SSSR count). The molecule has 1 aromatic heterocycles. The van der Waals surface area contributed by atoms with Crippen molar-refractivity contribution in [3.8, 4) is 0 Å². The summed E-state index contributed by atoms with van der Waals surface area (Å²) in [4.78, 5) is 12.2. The lowest BCUT2D eigenvalue weighted by Crippen LogP contribution is -2.45. The topological polar surface area (TPSA) is 65.6 Å². The molecule has 0 unspecified atom stereocenters. The van der Waals surface area contributed by atoms with Crippen LogP contribution >= 0.6 is 0 Å². The molecule has 1 heterocycles. The molecule has 19 heavy (non-hydrogen) atoms. The molecule has 0 aromatic carbocycles. The van der Waals surface area contributed by atoms with Crippen molar-refractivity contribution in [1.29, 1.82) is 0 Å². The first kappa shape index (κ1) is 13.5. The summed E-state index contributed by atoms with van der Waals surface area (Å²) in [5.74, 6) is -0.309. The van der Waals surface area contributed by atoms with Gasteiger partial charge in [0.1, 0.15) is 7.05 Å². The second kappa shape index (κ2) is 6.31. The number of carbonyl (C=O) groups is 1. The lowest BCUT2D eigenvalue weighted by Gasteiger charge is -2.22. The third-order valence-electron chi connectivity index (χ3n) is 3.55. The fraction of sp³-hybridized carbons (Fsp3) is 0.500. The van der Waals surface area contributed by atoms with Gasteiger partial charge in [-0.25, -0.2) is 0 Å². The number of aromatic nitrogens is 1. The van der Waals surface area contributed by atoms with Gasteiger partial charge in [0.05, 0.1) is 0 Å². The maximum absolute atomic E-state index is 12.2. The third kappa shape index (κ3) is 3.30. The van der Waals surface area contributed by atoms with Gasteiger partial charge in [-0.15, -0.1) is 0 Å². The van der Waals surface area contributed by atoms with Crippen molar-refractivity contribution in [2.45, 2.75) is 38.1 Å². The molecule has 0 saturated heterocycles. The van der Waals surface area contributed by atoms with Crippen LogP contribution in [0.25, 0.3) is 0 Å². The van der Waals surface area contributed by atoms with Crippen LogP contribution in [0.4, 0.5) is 0 Å². The largest absolute Gasteiger partial charge is 0.410 e. The Morgan fingerprint density at radius 1 is 1.37 bits per heavy atom. The normalized spacial score (nSPS) is 17.2. The number of hydrogen-bond acceptors (Lipinski definition) is 3. The average Bonchev–Trinajstić information content (AvgIpc) is 2.43. The van der Waals surface area contributed by atoms with E-state index in [0.29, 0.717) is 5.69 Å². The zero-order chi connectivity index (χ0) is 13.7. The van der Waals surface area contributed by atoms with E-state index in [1.807, 2.05) is 25.4 Å². The van der Waals surface area contributed by atoms with E-state index in [-0.39, 0.29) is 17.7 Å². The van der Waals surface area contributed by atoms with Crippen LogP contribution in [0, 0.1) is 0 Å². The summed E-state index contributed by atoms with van der Waals surface area (Å²) in [6.45, 7) is 0. The molecule has 5 nitrogen and oxygen atoms in total. The highest BCUT2D eigenvalue weighted by atomic mass is 16.4. The van der Waals surface area contributed by atoms with Gasteiger partial charge in [-0.05, 0) is 18.9 Å². The highest BCUT2D eigenvalue weighted by Gasteiger charge is 2.25. The van der Waals surface area contributed by atoms with Gasteiger partial charge in [-0.3, -0.25) is 4.79 Å². The Hall–Kier alpha value is -1.91. The van der Waals surface area contributed by atoms with Crippen molar-refractivity contribution < 1.29 is 14.6 Å². The monoisotopic (exact) mass is 262 g/mol. The van der Waals surface area contributed by atoms with E-state index in [0.717, 1.165) is 25.7 Å². The Bertz CT molecular complexity index is 479. The maximum atomic E-state index is 12.2. The van der Waals surface area contributed by atoms with Crippen molar-refractivity contribution in [3.63, 3.8) is 0 Å². The highest BCUT2D eigenvalue weighted by Crippen LogP contribution is 2.17. The first-order valence-electron chi connectivity index (χ1n) is 6.70. The van der Waals surface area contributed by atoms with Gasteiger partial charge < -0.3 is 10.5 Å². The number of carbonyl (C=O) groups excluding carboxylic acids is 1. The maximum Gasteiger partial charge on any atom is 0.280 e. The van der Waals surface area contributed by atoms with Gasteiger partial charge in [0.25, 0.3) is 5.91 Å². The average molecular weight is 262 g/mol. The highest BCUT2D eigenvalue weighted by molar-refractivity contribution is 6.44. The van der Waals surface area contributed by atoms with Crippen molar-refractivity contribution in [2.24, 2.45) is 12.2 Å². The molecule has 1 aromatic rings. The first-order valence-corrected chi connectivity index (χ1v) is 6.70. The summed E-state index contributed by atoms with van der Waals surface area (Å²) >= 11 is 0. The van der Waals surface area contributed by atoms with E-state index >= 15 is 0 Å². The molecule has 0 aliphatic heterocycles. The number of amides is 1.